The van der Waals surface area contributed by atoms with Crippen molar-refractivity contribution in [2.45, 2.75) is 110 Å². The van der Waals surface area contributed by atoms with Crippen LogP contribution in [0.1, 0.15) is 110 Å². The van der Waals surface area contributed by atoms with Gasteiger partial charge in [0.25, 0.3) is 0 Å². The Morgan fingerprint density at radius 1 is 0.542 bits per heavy atom. The summed E-state index contributed by atoms with van der Waals surface area (Å²) >= 11 is 0. The quantitative estimate of drug-likeness (QED) is 0.269. The molecule has 0 aromatic rings. The molecule has 0 spiro atoms. The molecule has 0 saturated carbocycles. The van der Waals surface area contributed by atoms with Gasteiger partial charge in [0, 0.05) is 6.54 Å². The van der Waals surface area contributed by atoms with E-state index >= 15 is 0 Å². The molecule has 0 radical (unpaired) electrons. The van der Waals surface area contributed by atoms with E-state index in [9.17, 15) is 0 Å². The summed E-state index contributed by atoms with van der Waals surface area (Å²) in [6.45, 7) is 3.15. The van der Waals surface area contributed by atoms with Gasteiger partial charge in [-0.15, -0.1) is 0 Å². The highest BCUT2D eigenvalue weighted by atomic mass is 15.0. The van der Waals surface area contributed by atoms with E-state index in [0.717, 1.165) is 13.0 Å². The molecule has 0 heterocycles. The summed E-state index contributed by atoms with van der Waals surface area (Å²) in [5.74, 6) is 0.599. The van der Waals surface area contributed by atoms with E-state index in [4.69, 9.17) is 17.2 Å². The van der Waals surface area contributed by atoms with Gasteiger partial charge in [-0.2, -0.15) is 0 Å². The van der Waals surface area contributed by atoms with E-state index in [1.165, 1.54) is 96.3 Å². The molecular formula is C20H44N4. The summed E-state index contributed by atoms with van der Waals surface area (Å²) in [6, 6.07) is 0. The van der Waals surface area contributed by atoms with Crippen molar-refractivity contribution in [2.75, 3.05) is 6.54 Å². The molecule has 4 nitrogen and oxygen atoms in total. The smallest absolute Gasteiger partial charge is 0.137 e. The van der Waals surface area contributed by atoms with Crippen LogP contribution in [0.4, 0.5) is 0 Å². The van der Waals surface area contributed by atoms with Gasteiger partial charge in [-0.3, -0.25) is 0 Å². The fourth-order valence-corrected chi connectivity index (χ4v) is 3.00. The Morgan fingerprint density at radius 2 is 0.875 bits per heavy atom. The largest absolute Gasteiger partial charge is 0.383 e. The molecule has 0 rings (SSSR count). The third kappa shape index (κ3) is 17.3. The van der Waals surface area contributed by atoms with Crippen LogP contribution in [0.2, 0.25) is 0 Å². The number of hydrogen-bond acceptors (Lipinski definition) is 4. The summed E-state index contributed by atoms with van der Waals surface area (Å²) in [5.41, 5.74) is 16.4. The predicted molar refractivity (Wildman–Crippen MR) is 107 cm³/mol. The molecule has 0 aliphatic rings. The number of nitrogens with one attached hydrogen (secondary N) is 1. The van der Waals surface area contributed by atoms with Crippen LogP contribution in [0.25, 0.3) is 0 Å². The second kappa shape index (κ2) is 18.3. The Labute approximate surface area is 151 Å². The first kappa shape index (κ1) is 22.9. The number of unbranched alkanes of at least 4 members (excludes halogenated alkanes) is 15. The highest BCUT2D eigenvalue weighted by Crippen LogP contribution is 2.13. The Hall–Kier alpha value is -1.06. The summed E-state index contributed by atoms with van der Waals surface area (Å²) in [6.07, 6.45) is 22.2. The SMILES string of the molecule is CCCCCCCCCCCCCCCCCCNC(N)=C(N)N. The van der Waals surface area contributed by atoms with Crippen molar-refractivity contribution < 1.29 is 0 Å². The normalized spacial score (nSPS) is 10.7. The van der Waals surface area contributed by atoms with Gasteiger partial charge in [0.05, 0.1) is 0 Å². The van der Waals surface area contributed by atoms with Crippen molar-refractivity contribution in [3.05, 3.63) is 11.6 Å². The van der Waals surface area contributed by atoms with Crippen molar-refractivity contribution in [3.8, 4) is 0 Å². The zero-order chi connectivity index (χ0) is 17.9. The molecule has 0 bridgehead atoms. The lowest BCUT2D eigenvalue weighted by atomic mass is 10.0. The van der Waals surface area contributed by atoms with E-state index in [-0.39, 0.29) is 5.82 Å². The van der Waals surface area contributed by atoms with E-state index in [2.05, 4.69) is 12.2 Å². The third-order valence-corrected chi connectivity index (χ3v) is 4.66. The minimum atomic E-state index is 0.187. The first-order valence-electron chi connectivity index (χ1n) is 10.4. The van der Waals surface area contributed by atoms with E-state index in [1.54, 1.807) is 0 Å². The monoisotopic (exact) mass is 340 g/mol. The Morgan fingerprint density at radius 3 is 1.21 bits per heavy atom. The van der Waals surface area contributed by atoms with Crippen molar-refractivity contribution in [2.24, 2.45) is 17.2 Å². The average molecular weight is 341 g/mol. The lowest BCUT2D eigenvalue weighted by Crippen LogP contribution is -2.28. The van der Waals surface area contributed by atoms with Crippen LogP contribution in [0, 0.1) is 0 Å². The Balaban J connectivity index is 3.07. The maximum absolute atomic E-state index is 5.60. The highest BCUT2D eigenvalue weighted by Gasteiger charge is 1.96. The molecule has 7 N–H and O–H groups in total. The van der Waals surface area contributed by atoms with Gasteiger partial charge in [0.15, 0.2) is 0 Å². The minimum absolute atomic E-state index is 0.187. The van der Waals surface area contributed by atoms with Gasteiger partial charge < -0.3 is 22.5 Å². The zero-order valence-electron chi connectivity index (χ0n) is 16.3. The first-order valence-corrected chi connectivity index (χ1v) is 10.4. The van der Waals surface area contributed by atoms with Crippen LogP contribution >= 0.6 is 0 Å². The molecule has 0 saturated heterocycles. The van der Waals surface area contributed by atoms with Gasteiger partial charge in [0.2, 0.25) is 0 Å². The minimum Gasteiger partial charge on any atom is -0.383 e. The lowest BCUT2D eigenvalue weighted by molar-refractivity contribution is 0.528. The lowest BCUT2D eigenvalue weighted by Gasteiger charge is -2.07. The van der Waals surface area contributed by atoms with E-state index < -0.39 is 0 Å². The molecule has 24 heavy (non-hydrogen) atoms. The number of nitrogens with two attached hydrogens (primary N) is 3. The predicted octanol–water partition coefficient (Wildman–Crippen LogP) is 4.84. The molecule has 0 amide bonds. The van der Waals surface area contributed by atoms with Crippen LogP contribution in [-0.4, -0.2) is 6.54 Å². The second-order valence-electron chi connectivity index (χ2n) is 7.10. The molecule has 0 atom stereocenters. The van der Waals surface area contributed by atoms with Crippen molar-refractivity contribution in [1.82, 2.24) is 5.32 Å². The third-order valence-electron chi connectivity index (χ3n) is 4.66. The Bertz CT molecular complexity index is 285. The highest BCUT2D eigenvalue weighted by molar-refractivity contribution is 5.00. The first-order chi connectivity index (χ1) is 11.7. The van der Waals surface area contributed by atoms with Crippen LogP contribution in [0.5, 0.6) is 0 Å². The van der Waals surface area contributed by atoms with Gasteiger partial charge in [-0.1, -0.05) is 103 Å². The van der Waals surface area contributed by atoms with Crippen molar-refractivity contribution >= 4 is 0 Å². The molecule has 4 heteroatoms. The summed E-state index contributed by atoms with van der Waals surface area (Å²) in [7, 11) is 0. The van der Waals surface area contributed by atoms with Crippen LogP contribution in [0.15, 0.2) is 11.6 Å². The molecule has 0 aliphatic carbocycles. The van der Waals surface area contributed by atoms with E-state index in [1.807, 2.05) is 0 Å². The molecule has 0 unspecified atom stereocenters. The summed E-state index contributed by atoms with van der Waals surface area (Å²) < 4.78 is 0. The average Bonchev–Trinajstić information content (AvgIpc) is 2.57. The van der Waals surface area contributed by atoms with Crippen LogP contribution in [-0.2, 0) is 0 Å². The van der Waals surface area contributed by atoms with Gasteiger partial charge >= 0.3 is 0 Å². The van der Waals surface area contributed by atoms with Crippen molar-refractivity contribution in [1.29, 1.82) is 0 Å². The van der Waals surface area contributed by atoms with Crippen molar-refractivity contribution in [3.63, 3.8) is 0 Å². The maximum atomic E-state index is 5.60. The standard InChI is InChI=1S/C20H44N4/c1-2-3-4-5-6-7-8-9-10-11-12-13-14-15-16-17-18-24-20(23)19(21)22/h24H,2-18,21-23H2,1H3. The molecule has 0 aliphatic heterocycles. The van der Waals surface area contributed by atoms with E-state index in [0.29, 0.717) is 5.82 Å². The van der Waals surface area contributed by atoms with Crippen LogP contribution in [0.3, 0.4) is 0 Å². The summed E-state index contributed by atoms with van der Waals surface area (Å²) in [5, 5.41) is 3.04. The molecular weight excluding hydrogens is 296 g/mol. The fourth-order valence-electron chi connectivity index (χ4n) is 3.00. The van der Waals surface area contributed by atoms with Gasteiger partial charge in [0.1, 0.15) is 11.6 Å². The molecule has 0 fully saturated rings. The van der Waals surface area contributed by atoms with Gasteiger partial charge in [-0.25, -0.2) is 0 Å². The second-order valence-corrected chi connectivity index (χ2v) is 7.10. The summed E-state index contributed by atoms with van der Waals surface area (Å²) in [4.78, 5) is 0. The molecule has 144 valence electrons. The molecule has 0 aromatic heterocycles. The Kier molecular flexibility index (Phi) is 17.5. The maximum Gasteiger partial charge on any atom is 0.137 e. The zero-order valence-corrected chi connectivity index (χ0v) is 16.3. The topological polar surface area (TPSA) is 90.1 Å². The van der Waals surface area contributed by atoms with Gasteiger partial charge in [-0.05, 0) is 6.42 Å². The molecule has 0 aromatic carbocycles. The fraction of sp³-hybridized carbons (Fsp3) is 0.900. The number of hydrogen-bond donors (Lipinski definition) is 4. The number of rotatable bonds is 18. The van der Waals surface area contributed by atoms with Crippen LogP contribution < -0.4 is 22.5 Å².